The molecule has 1 aromatic heterocycles. The van der Waals surface area contributed by atoms with Crippen molar-refractivity contribution in [3.63, 3.8) is 0 Å². The first-order chi connectivity index (χ1) is 7.70. The summed E-state index contributed by atoms with van der Waals surface area (Å²) < 4.78 is 5.06. The summed E-state index contributed by atoms with van der Waals surface area (Å²) in [6.45, 7) is 0.715. The minimum Gasteiger partial charge on any atom is -0.480 e. The highest BCUT2D eigenvalue weighted by molar-refractivity contribution is 5.95. The van der Waals surface area contributed by atoms with Crippen LogP contribution in [-0.2, 0) is 9.53 Å². The van der Waals surface area contributed by atoms with Gasteiger partial charge in [0.15, 0.2) is 6.04 Å². The average Bonchev–Trinajstić information content (AvgIpc) is 2.81. The molecule has 1 saturated heterocycles. The van der Waals surface area contributed by atoms with Crippen molar-refractivity contribution in [2.45, 2.75) is 6.04 Å². The molecular weight excluding hydrogens is 212 g/mol. The standard InChI is InChI=1S/C10H12N2O4/c13-9(7-2-1-3-11-7)12-4-5-16-6-8(12)10(14)15/h1-3,8,11H,4-6H2,(H,14,15)/t8-/m0/s1. The van der Waals surface area contributed by atoms with Crippen LogP contribution in [0.3, 0.4) is 0 Å². The van der Waals surface area contributed by atoms with Crippen LogP contribution < -0.4 is 0 Å². The lowest BCUT2D eigenvalue weighted by Crippen LogP contribution is -2.52. The number of nitrogens with zero attached hydrogens (tertiary/aromatic N) is 1. The largest absolute Gasteiger partial charge is 0.480 e. The van der Waals surface area contributed by atoms with Crippen LogP contribution in [0, 0.1) is 0 Å². The first-order valence-electron chi connectivity index (χ1n) is 4.95. The van der Waals surface area contributed by atoms with Crippen LogP contribution in [0.15, 0.2) is 18.3 Å². The number of ether oxygens (including phenoxy) is 1. The number of morpholine rings is 1. The van der Waals surface area contributed by atoms with Crippen LogP contribution >= 0.6 is 0 Å². The minimum absolute atomic E-state index is 0.0434. The van der Waals surface area contributed by atoms with Crippen molar-refractivity contribution in [1.29, 1.82) is 0 Å². The second-order valence-corrected chi connectivity index (χ2v) is 3.51. The quantitative estimate of drug-likeness (QED) is 0.737. The second-order valence-electron chi connectivity index (χ2n) is 3.51. The number of hydrogen-bond donors (Lipinski definition) is 2. The molecule has 2 heterocycles. The summed E-state index contributed by atoms with van der Waals surface area (Å²) in [5, 5.41) is 8.97. The second kappa shape index (κ2) is 4.36. The van der Waals surface area contributed by atoms with Gasteiger partial charge >= 0.3 is 5.97 Å². The number of aromatic nitrogens is 1. The van der Waals surface area contributed by atoms with Gasteiger partial charge in [-0.25, -0.2) is 4.79 Å². The normalized spacial score (nSPS) is 20.8. The van der Waals surface area contributed by atoms with Crippen molar-refractivity contribution >= 4 is 11.9 Å². The minimum atomic E-state index is -1.04. The van der Waals surface area contributed by atoms with E-state index in [0.29, 0.717) is 18.8 Å². The van der Waals surface area contributed by atoms with Crippen LogP contribution in [0.2, 0.25) is 0 Å². The van der Waals surface area contributed by atoms with E-state index in [1.165, 1.54) is 4.90 Å². The van der Waals surface area contributed by atoms with Crippen LogP contribution in [0.1, 0.15) is 10.5 Å². The predicted octanol–water partition coefficient (Wildman–Crippen LogP) is -0.0597. The maximum Gasteiger partial charge on any atom is 0.328 e. The Morgan fingerprint density at radius 2 is 2.38 bits per heavy atom. The molecule has 0 saturated carbocycles. The fourth-order valence-electron chi connectivity index (χ4n) is 1.67. The molecule has 0 spiro atoms. The predicted molar refractivity (Wildman–Crippen MR) is 54.1 cm³/mol. The van der Waals surface area contributed by atoms with Crippen molar-refractivity contribution in [2.24, 2.45) is 0 Å². The third kappa shape index (κ3) is 1.92. The number of hydrogen-bond acceptors (Lipinski definition) is 3. The Morgan fingerprint density at radius 1 is 1.56 bits per heavy atom. The smallest absolute Gasteiger partial charge is 0.328 e. The zero-order chi connectivity index (χ0) is 11.5. The summed E-state index contributed by atoms with van der Waals surface area (Å²) in [6, 6.07) is 2.42. The van der Waals surface area contributed by atoms with Gasteiger partial charge in [-0.3, -0.25) is 4.79 Å². The van der Waals surface area contributed by atoms with E-state index in [9.17, 15) is 9.59 Å². The zero-order valence-electron chi connectivity index (χ0n) is 8.55. The molecule has 16 heavy (non-hydrogen) atoms. The molecule has 6 nitrogen and oxygen atoms in total. The lowest BCUT2D eigenvalue weighted by molar-refractivity contribution is -0.147. The Bertz CT molecular complexity index is 388. The third-order valence-electron chi connectivity index (χ3n) is 2.50. The van der Waals surface area contributed by atoms with E-state index in [-0.39, 0.29) is 12.5 Å². The first-order valence-corrected chi connectivity index (χ1v) is 4.95. The van der Waals surface area contributed by atoms with Crippen LogP contribution in [-0.4, -0.2) is 52.7 Å². The average molecular weight is 224 g/mol. The third-order valence-corrected chi connectivity index (χ3v) is 2.50. The summed E-state index contributed by atoms with van der Waals surface area (Å²) in [5.41, 5.74) is 0.396. The number of aliphatic carboxylic acids is 1. The van der Waals surface area contributed by atoms with Gasteiger partial charge in [-0.1, -0.05) is 0 Å². The van der Waals surface area contributed by atoms with Crippen LogP contribution in [0.5, 0.6) is 0 Å². The Balaban J connectivity index is 2.17. The van der Waals surface area contributed by atoms with Crippen molar-refractivity contribution in [1.82, 2.24) is 9.88 Å². The molecule has 0 aliphatic carbocycles. The molecule has 0 radical (unpaired) electrons. The number of nitrogens with one attached hydrogen (secondary N) is 1. The lowest BCUT2D eigenvalue weighted by atomic mass is 10.2. The highest BCUT2D eigenvalue weighted by Gasteiger charge is 2.33. The van der Waals surface area contributed by atoms with E-state index in [1.54, 1.807) is 18.3 Å². The molecule has 2 rings (SSSR count). The fourth-order valence-corrected chi connectivity index (χ4v) is 1.67. The number of carboxylic acids is 1. The van der Waals surface area contributed by atoms with Gasteiger partial charge < -0.3 is 19.7 Å². The van der Waals surface area contributed by atoms with Crippen LogP contribution in [0.4, 0.5) is 0 Å². The summed E-state index contributed by atoms with van der Waals surface area (Å²) in [6.07, 6.45) is 1.63. The van der Waals surface area contributed by atoms with Gasteiger partial charge in [-0.05, 0) is 12.1 Å². The summed E-state index contributed by atoms with van der Waals surface area (Å²) in [5.74, 6) is -1.35. The molecule has 2 N–H and O–H groups in total. The molecule has 6 heteroatoms. The summed E-state index contributed by atoms with van der Waals surface area (Å²) >= 11 is 0. The molecule has 1 aliphatic heterocycles. The first kappa shape index (κ1) is 10.7. The summed E-state index contributed by atoms with van der Waals surface area (Å²) in [4.78, 5) is 27.0. The number of carbonyl (C=O) groups is 2. The van der Waals surface area contributed by atoms with Crippen molar-refractivity contribution < 1.29 is 19.4 Å². The van der Waals surface area contributed by atoms with E-state index in [1.807, 2.05) is 0 Å². The zero-order valence-corrected chi connectivity index (χ0v) is 8.55. The lowest BCUT2D eigenvalue weighted by Gasteiger charge is -2.32. The van der Waals surface area contributed by atoms with Crippen molar-refractivity contribution in [3.05, 3.63) is 24.0 Å². The molecule has 0 unspecified atom stereocenters. The Morgan fingerprint density at radius 3 is 3.00 bits per heavy atom. The molecule has 1 amide bonds. The van der Waals surface area contributed by atoms with Gasteiger partial charge in [-0.15, -0.1) is 0 Å². The Labute approximate surface area is 91.8 Å². The van der Waals surface area contributed by atoms with E-state index in [0.717, 1.165) is 0 Å². The van der Waals surface area contributed by atoms with Gasteiger partial charge in [0, 0.05) is 12.7 Å². The molecule has 0 bridgehead atoms. The number of rotatable bonds is 2. The van der Waals surface area contributed by atoms with Gasteiger partial charge in [-0.2, -0.15) is 0 Å². The topological polar surface area (TPSA) is 82.6 Å². The maximum absolute atomic E-state index is 12.0. The van der Waals surface area contributed by atoms with E-state index < -0.39 is 12.0 Å². The molecule has 1 fully saturated rings. The van der Waals surface area contributed by atoms with Crippen molar-refractivity contribution in [3.8, 4) is 0 Å². The molecule has 0 aromatic carbocycles. The van der Waals surface area contributed by atoms with E-state index in [4.69, 9.17) is 9.84 Å². The van der Waals surface area contributed by atoms with Crippen molar-refractivity contribution in [2.75, 3.05) is 19.8 Å². The molecule has 86 valence electrons. The van der Waals surface area contributed by atoms with Gasteiger partial charge in [0.2, 0.25) is 0 Å². The van der Waals surface area contributed by atoms with Gasteiger partial charge in [0.1, 0.15) is 5.69 Å². The number of aromatic amines is 1. The van der Waals surface area contributed by atoms with Gasteiger partial charge in [0.25, 0.3) is 5.91 Å². The molecular formula is C10H12N2O4. The molecule has 1 aliphatic rings. The highest BCUT2D eigenvalue weighted by atomic mass is 16.5. The van der Waals surface area contributed by atoms with Crippen LogP contribution in [0.25, 0.3) is 0 Å². The van der Waals surface area contributed by atoms with E-state index in [2.05, 4.69) is 4.98 Å². The highest BCUT2D eigenvalue weighted by Crippen LogP contribution is 2.11. The number of carboxylic acid groups (broad SMARTS) is 1. The molecule has 1 aromatic rings. The number of carbonyl (C=O) groups excluding carboxylic acids is 1. The Kier molecular flexibility index (Phi) is 2.91. The SMILES string of the molecule is O=C(O)[C@@H]1COCCN1C(=O)c1ccc[nH]1. The molecule has 1 atom stereocenters. The summed E-state index contributed by atoms with van der Waals surface area (Å²) in [7, 11) is 0. The number of amides is 1. The van der Waals surface area contributed by atoms with Gasteiger partial charge in [0.05, 0.1) is 13.2 Å². The van der Waals surface area contributed by atoms with E-state index >= 15 is 0 Å². The number of H-pyrrole nitrogens is 1. The fraction of sp³-hybridized carbons (Fsp3) is 0.400. The monoisotopic (exact) mass is 224 g/mol. The maximum atomic E-state index is 12.0. The Hall–Kier alpha value is -1.82.